The highest BCUT2D eigenvalue weighted by Crippen LogP contribution is 2.75. The van der Waals surface area contributed by atoms with Gasteiger partial charge in [0.15, 0.2) is 0 Å². The van der Waals surface area contributed by atoms with Crippen LogP contribution in [0.25, 0.3) is 0 Å². The summed E-state index contributed by atoms with van der Waals surface area (Å²) in [6, 6.07) is 0. The third-order valence-corrected chi connectivity index (χ3v) is 15.5. The lowest BCUT2D eigenvalue weighted by molar-refractivity contribution is -0.297. The van der Waals surface area contributed by atoms with Gasteiger partial charge in [-0.05, 0) is 104 Å². The van der Waals surface area contributed by atoms with Crippen molar-refractivity contribution in [1.82, 2.24) is 0 Å². The minimum Gasteiger partial charge on any atom is -0.432 e. The zero-order valence-corrected chi connectivity index (χ0v) is 28.3. The Balaban J connectivity index is 1.36. The number of hydrogen-bond acceptors (Lipinski definition) is 10. The molecule has 4 saturated carbocycles. The highest BCUT2D eigenvalue weighted by Gasteiger charge is 2.70. The van der Waals surface area contributed by atoms with E-state index in [2.05, 4.69) is 40.7 Å². The second-order valence-electron chi connectivity index (χ2n) is 17.5. The van der Waals surface area contributed by atoms with Gasteiger partial charge in [-0.3, -0.25) is 4.79 Å². The van der Waals surface area contributed by atoms with Crippen molar-refractivity contribution >= 4 is 5.97 Å². The maximum atomic E-state index is 14.4. The number of rotatable bonds is 5. The molecular formula is C36H58O10. The van der Waals surface area contributed by atoms with E-state index in [0.717, 1.165) is 32.1 Å². The van der Waals surface area contributed by atoms with E-state index < -0.39 is 60.2 Å². The van der Waals surface area contributed by atoms with Gasteiger partial charge >= 0.3 is 5.97 Å². The Kier molecular flexibility index (Phi) is 8.66. The summed E-state index contributed by atoms with van der Waals surface area (Å²) in [5, 5.41) is 73.1. The Labute approximate surface area is 273 Å². The first-order chi connectivity index (χ1) is 21.5. The molecule has 15 atom stereocenters. The fraction of sp³-hybridized carbons (Fsp3) is 0.917. The number of allylic oxidation sites excluding steroid dienone is 2. The topological polar surface area (TPSA) is 177 Å². The van der Waals surface area contributed by atoms with Gasteiger partial charge in [0.05, 0.1) is 24.7 Å². The molecule has 0 radical (unpaired) electrons. The molecule has 0 aromatic heterocycles. The number of carbonyl (C=O) groups excluding carboxylic acids is 1. The van der Waals surface area contributed by atoms with Crippen molar-refractivity contribution in [3.63, 3.8) is 0 Å². The number of carbonyl (C=O) groups is 1. The maximum Gasteiger partial charge on any atom is 0.315 e. The molecule has 6 aliphatic rings. The van der Waals surface area contributed by atoms with Gasteiger partial charge in [0.25, 0.3) is 0 Å². The second-order valence-corrected chi connectivity index (χ2v) is 17.5. The molecule has 0 aromatic rings. The van der Waals surface area contributed by atoms with E-state index in [1.807, 2.05) is 0 Å². The van der Waals surface area contributed by atoms with Gasteiger partial charge in [0.1, 0.15) is 24.4 Å². The number of esters is 1. The van der Waals surface area contributed by atoms with Crippen molar-refractivity contribution in [2.45, 2.75) is 136 Å². The summed E-state index contributed by atoms with van der Waals surface area (Å²) < 4.78 is 11.5. The summed E-state index contributed by atoms with van der Waals surface area (Å²) in [6.45, 7) is 10.7. The van der Waals surface area contributed by atoms with Crippen molar-refractivity contribution in [3.8, 4) is 0 Å². The lowest BCUT2D eigenvalue weighted by atomic mass is 9.33. The number of ether oxygens (including phenoxy) is 2. The molecule has 1 aliphatic heterocycles. The minimum atomic E-state index is -1.67. The molecule has 10 nitrogen and oxygen atoms in total. The summed E-state index contributed by atoms with van der Waals surface area (Å²) in [5.74, 6) is -0.164. The molecule has 262 valence electrons. The monoisotopic (exact) mass is 650 g/mol. The summed E-state index contributed by atoms with van der Waals surface area (Å²) >= 11 is 0. The molecule has 5 fully saturated rings. The van der Waals surface area contributed by atoms with Crippen LogP contribution in [-0.2, 0) is 14.3 Å². The van der Waals surface area contributed by atoms with E-state index in [-0.39, 0.29) is 46.7 Å². The van der Waals surface area contributed by atoms with E-state index >= 15 is 0 Å². The number of aliphatic hydroxyl groups excluding tert-OH is 7. The van der Waals surface area contributed by atoms with Crippen LogP contribution < -0.4 is 0 Å². The van der Waals surface area contributed by atoms with E-state index in [1.165, 1.54) is 5.57 Å². The quantitative estimate of drug-likeness (QED) is 0.173. The molecule has 1 saturated heterocycles. The van der Waals surface area contributed by atoms with Crippen LogP contribution in [0.15, 0.2) is 11.6 Å². The SMILES string of the molecule is CC1(CO)CCC2(C(=O)OC3OC(CO)C(O)C(O)C3O)CCC3(C)C(=CCC4C5(C)CCC(O)C(C)(CO)C5CCC43C)C2C1. The van der Waals surface area contributed by atoms with Crippen LogP contribution in [0, 0.1) is 50.2 Å². The molecule has 7 N–H and O–H groups in total. The minimum absolute atomic E-state index is 0.00699. The van der Waals surface area contributed by atoms with Crippen LogP contribution in [0.1, 0.15) is 98.8 Å². The highest BCUT2D eigenvalue weighted by atomic mass is 16.7. The Bertz CT molecular complexity index is 1220. The van der Waals surface area contributed by atoms with E-state index in [1.54, 1.807) is 0 Å². The van der Waals surface area contributed by atoms with Crippen molar-refractivity contribution in [2.24, 2.45) is 50.2 Å². The van der Waals surface area contributed by atoms with Gasteiger partial charge < -0.3 is 45.2 Å². The van der Waals surface area contributed by atoms with Crippen LogP contribution in [0.4, 0.5) is 0 Å². The van der Waals surface area contributed by atoms with Gasteiger partial charge in [-0.1, -0.05) is 46.3 Å². The molecule has 0 spiro atoms. The van der Waals surface area contributed by atoms with E-state index in [4.69, 9.17) is 9.47 Å². The number of hydrogen-bond donors (Lipinski definition) is 7. The summed E-state index contributed by atoms with van der Waals surface area (Å²) in [6.07, 6.45) is 1.70. The zero-order chi connectivity index (χ0) is 33.7. The molecule has 0 bridgehead atoms. The maximum absolute atomic E-state index is 14.4. The third-order valence-electron chi connectivity index (χ3n) is 15.5. The summed E-state index contributed by atoms with van der Waals surface area (Å²) in [7, 11) is 0. The lowest BCUT2D eigenvalue weighted by Crippen LogP contribution is -2.66. The molecule has 46 heavy (non-hydrogen) atoms. The highest BCUT2D eigenvalue weighted by molar-refractivity contribution is 5.79. The van der Waals surface area contributed by atoms with E-state index in [0.29, 0.717) is 38.0 Å². The van der Waals surface area contributed by atoms with Crippen LogP contribution in [0.5, 0.6) is 0 Å². The Hall–Kier alpha value is -1.11. The smallest absolute Gasteiger partial charge is 0.315 e. The van der Waals surface area contributed by atoms with Gasteiger partial charge in [-0.15, -0.1) is 0 Å². The molecule has 6 rings (SSSR count). The molecule has 10 heteroatoms. The molecule has 15 unspecified atom stereocenters. The van der Waals surface area contributed by atoms with Gasteiger partial charge in [0.2, 0.25) is 6.29 Å². The van der Waals surface area contributed by atoms with Crippen LogP contribution in [0.3, 0.4) is 0 Å². The van der Waals surface area contributed by atoms with Crippen molar-refractivity contribution in [3.05, 3.63) is 11.6 Å². The number of aliphatic hydroxyl groups is 7. The summed E-state index contributed by atoms with van der Waals surface area (Å²) in [5.41, 5.74) is -0.930. The Morgan fingerprint density at radius 1 is 0.848 bits per heavy atom. The molecule has 0 aromatic carbocycles. The van der Waals surface area contributed by atoms with Crippen molar-refractivity contribution in [2.75, 3.05) is 19.8 Å². The van der Waals surface area contributed by atoms with Crippen LogP contribution in [0.2, 0.25) is 0 Å². The molecular weight excluding hydrogens is 592 g/mol. The zero-order valence-electron chi connectivity index (χ0n) is 28.3. The fourth-order valence-electron chi connectivity index (χ4n) is 12.1. The Morgan fingerprint density at radius 3 is 2.20 bits per heavy atom. The largest absolute Gasteiger partial charge is 0.432 e. The van der Waals surface area contributed by atoms with Gasteiger partial charge in [0, 0.05) is 12.0 Å². The average Bonchev–Trinajstić information content (AvgIpc) is 3.03. The average molecular weight is 651 g/mol. The first kappa shape index (κ1) is 34.7. The van der Waals surface area contributed by atoms with Crippen molar-refractivity contribution in [1.29, 1.82) is 0 Å². The third kappa shape index (κ3) is 4.60. The standard InChI is InChI=1S/C36H58O10/c1-31(18-38)12-14-36(30(44)46-29-28(43)27(42)26(41)22(17-37)45-29)15-13-34(4)20(21(36)16-31)6-7-24-32(2)10-9-25(40)33(3,19-39)23(32)8-11-35(24,34)5/h6,21-29,37-43H,7-19H2,1-5H3. The molecule has 0 amide bonds. The molecule has 5 aliphatic carbocycles. The number of fused-ring (bicyclic) bond motifs is 7. The van der Waals surface area contributed by atoms with Gasteiger partial charge in [-0.25, -0.2) is 0 Å². The van der Waals surface area contributed by atoms with Crippen molar-refractivity contribution < 1.29 is 50.0 Å². The van der Waals surface area contributed by atoms with Crippen LogP contribution in [-0.4, -0.2) is 98.3 Å². The predicted octanol–water partition coefficient (Wildman–Crippen LogP) is 2.44. The second kappa shape index (κ2) is 11.5. The first-order valence-electron chi connectivity index (χ1n) is 17.6. The molecule has 1 heterocycles. The summed E-state index contributed by atoms with van der Waals surface area (Å²) in [4.78, 5) is 14.4. The Morgan fingerprint density at radius 2 is 1.54 bits per heavy atom. The first-order valence-corrected chi connectivity index (χ1v) is 17.6. The van der Waals surface area contributed by atoms with Gasteiger partial charge in [-0.2, -0.15) is 0 Å². The normalized spacial score (nSPS) is 55.2. The van der Waals surface area contributed by atoms with Crippen LogP contribution >= 0.6 is 0 Å². The fourth-order valence-corrected chi connectivity index (χ4v) is 12.1. The predicted molar refractivity (Wildman–Crippen MR) is 168 cm³/mol. The lowest BCUT2D eigenvalue weighted by Gasteiger charge is -2.71. The van der Waals surface area contributed by atoms with E-state index in [9.17, 15) is 40.5 Å².